The van der Waals surface area contributed by atoms with Gasteiger partial charge in [-0.3, -0.25) is 9.69 Å². The zero-order valence-corrected chi connectivity index (χ0v) is 11.8. The van der Waals surface area contributed by atoms with Crippen LogP contribution in [-0.2, 0) is 9.59 Å². The number of carbonyl (C=O) groups is 3. The van der Waals surface area contributed by atoms with Crippen LogP contribution in [0.2, 0.25) is 0 Å². The Hall–Kier alpha value is -1.87. The Morgan fingerprint density at radius 1 is 1.19 bits per heavy atom. The Balaban J connectivity index is 2.22. The van der Waals surface area contributed by atoms with Crippen LogP contribution in [0.5, 0.6) is 0 Å². The average molecular weight is 302 g/mol. The van der Waals surface area contributed by atoms with Crippen LogP contribution in [-0.4, -0.2) is 78.4 Å². The number of amides is 2. The number of hydrogen-bond donors (Lipinski definition) is 5. The highest BCUT2D eigenvalue weighted by Crippen LogP contribution is 1.98. The van der Waals surface area contributed by atoms with Gasteiger partial charge in [0.25, 0.3) is 0 Å². The van der Waals surface area contributed by atoms with E-state index in [2.05, 4.69) is 20.9 Å². The van der Waals surface area contributed by atoms with Gasteiger partial charge in [0.05, 0.1) is 0 Å². The van der Waals surface area contributed by atoms with Crippen molar-refractivity contribution < 1.29 is 24.6 Å². The molecule has 1 aliphatic rings. The van der Waals surface area contributed by atoms with Crippen molar-refractivity contribution in [2.24, 2.45) is 0 Å². The van der Waals surface area contributed by atoms with Gasteiger partial charge in [0, 0.05) is 45.7 Å². The van der Waals surface area contributed by atoms with Crippen molar-refractivity contribution in [3.63, 3.8) is 0 Å². The van der Waals surface area contributed by atoms with Crippen molar-refractivity contribution >= 4 is 18.0 Å². The zero-order valence-electron chi connectivity index (χ0n) is 11.8. The molecule has 0 aliphatic carbocycles. The highest BCUT2D eigenvalue weighted by molar-refractivity contribution is 5.82. The summed E-state index contributed by atoms with van der Waals surface area (Å²) in [6, 6.07) is -1.79. The van der Waals surface area contributed by atoms with Crippen molar-refractivity contribution in [3.8, 4) is 0 Å². The molecular weight excluding hydrogens is 280 g/mol. The third-order valence-electron chi connectivity index (χ3n) is 3.17. The Morgan fingerprint density at radius 3 is 2.43 bits per heavy atom. The van der Waals surface area contributed by atoms with Gasteiger partial charge in [-0.25, -0.2) is 9.59 Å². The molecule has 0 aromatic rings. The molecule has 2 amide bonds. The number of nitrogens with one attached hydrogen (secondary N) is 3. The Kier molecular flexibility index (Phi) is 7.48. The predicted molar refractivity (Wildman–Crippen MR) is 74.1 cm³/mol. The van der Waals surface area contributed by atoms with Crippen LogP contribution in [0.4, 0.5) is 4.79 Å². The fourth-order valence-corrected chi connectivity index (χ4v) is 2.00. The largest absolute Gasteiger partial charge is 0.481 e. The van der Waals surface area contributed by atoms with Gasteiger partial charge in [0.1, 0.15) is 6.04 Å². The van der Waals surface area contributed by atoms with Crippen molar-refractivity contribution in [2.45, 2.75) is 18.9 Å². The molecule has 1 rings (SSSR count). The topological polar surface area (TPSA) is 131 Å². The summed E-state index contributed by atoms with van der Waals surface area (Å²) in [5, 5.41) is 25.5. The number of nitrogens with zero attached hydrogens (tertiary/aromatic N) is 1. The molecule has 0 aromatic heterocycles. The summed E-state index contributed by atoms with van der Waals surface area (Å²) < 4.78 is 0. The van der Waals surface area contributed by atoms with Gasteiger partial charge in [-0.15, -0.1) is 0 Å². The average Bonchev–Trinajstić information content (AvgIpc) is 2.44. The SMILES string of the molecule is O=C(O)CC[C@H](NC(=O)NCCN1CCNCC1)C(=O)O. The van der Waals surface area contributed by atoms with Gasteiger partial charge in [-0.1, -0.05) is 0 Å². The number of piperazine rings is 1. The van der Waals surface area contributed by atoms with Crippen LogP contribution >= 0.6 is 0 Å². The lowest BCUT2D eigenvalue weighted by molar-refractivity contribution is -0.140. The van der Waals surface area contributed by atoms with Crippen LogP contribution in [0.3, 0.4) is 0 Å². The first-order chi connectivity index (χ1) is 9.99. The summed E-state index contributed by atoms with van der Waals surface area (Å²) in [4.78, 5) is 35.1. The maximum Gasteiger partial charge on any atom is 0.326 e. The van der Waals surface area contributed by atoms with E-state index in [0.717, 1.165) is 26.2 Å². The van der Waals surface area contributed by atoms with Crippen LogP contribution in [0.15, 0.2) is 0 Å². The van der Waals surface area contributed by atoms with E-state index in [-0.39, 0.29) is 12.8 Å². The van der Waals surface area contributed by atoms with Crippen LogP contribution in [0, 0.1) is 0 Å². The number of carbonyl (C=O) groups excluding carboxylic acids is 1. The van der Waals surface area contributed by atoms with E-state index in [1.165, 1.54) is 0 Å². The van der Waals surface area contributed by atoms with Crippen molar-refractivity contribution in [3.05, 3.63) is 0 Å². The first-order valence-corrected chi connectivity index (χ1v) is 6.91. The highest BCUT2D eigenvalue weighted by atomic mass is 16.4. The third-order valence-corrected chi connectivity index (χ3v) is 3.17. The van der Waals surface area contributed by atoms with Gasteiger partial charge in [-0.05, 0) is 6.42 Å². The second kappa shape index (κ2) is 9.14. The minimum Gasteiger partial charge on any atom is -0.481 e. The normalized spacial score (nSPS) is 17.0. The summed E-state index contributed by atoms with van der Waals surface area (Å²) in [5.41, 5.74) is 0. The Morgan fingerprint density at radius 2 is 1.86 bits per heavy atom. The van der Waals surface area contributed by atoms with Gasteiger partial charge < -0.3 is 26.2 Å². The molecule has 1 aliphatic heterocycles. The second-order valence-corrected chi connectivity index (χ2v) is 4.82. The summed E-state index contributed by atoms with van der Waals surface area (Å²) in [6.07, 6.45) is -0.450. The molecule has 1 fully saturated rings. The monoisotopic (exact) mass is 302 g/mol. The summed E-state index contributed by atoms with van der Waals surface area (Å²) >= 11 is 0. The second-order valence-electron chi connectivity index (χ2n) is 4.82. The highest BCUT2D eigenvalue weighted by Gasteiger charge is 2.20. The van der Waals surface area contributed by atoms with Crippen molar-refractivity contribution in [1.29, 1.82) is 0 Å². The number of rotatable bonds is 8. The fraction of sp³-hybridized carbons (Fsp3) is 0.750. The third kappa shape index (κ3) is 7.47. The predicted octanol–water partition coefficient (Wildman–Crippen LogP) is -1.49. The van der Waals surface area contributed by atoms with E-state index in [1.807, 2.05) is 0 Å². The molecule has 9 nitrogen and oxygen atoms in total. The maximum absolute atomic E-state index is 11.6. The number of carboxylic acids is 2. The van der Waals surface area contributed by atoms with E-state index in [1.54, 1.807) is 0 Å². The van der Waals surface area contributed by atoms with Gasteiger partial charge in [-0.2, -0.15) is 0 Å². The van der Waals surface area contributed by atoms with Gasteiger partial charge >= 0.3 is 18.0 Å². The molecule has 0 saturated carbocycles. The van der Waals surface area contributed by atoms with Gasteiger partial charge in [0.2, 0.25) is 0 Å². The molecule has 0 bridgehead atoms. The quantitative estimate of drug-likeness (QED) is 0.369. The van der Waals surface area contributed by atoms with E-state index in [4.69, 9.17) is 10.2 Å². The number of urea groups is 1. The molecule has 0 radical (unpaired) electrons. The van der Waals surface area contributed by atoms with E-state index in [9.17, 15) is 14.4 Å². The molecule has 5 N–H and O–H groups in total. The van der Waals surface area contributed by atoms with E-state index in [0.29, 0.717) is 13.1 Å². The zero-order chi connectivity index (χ0) is 15.7. The Labute approximate surface area is 122 Å². The smallest absolute Gasteiger partial charge is 0.326 e. The first kappa shape index (κ1) is 17.2. The lowest BCUT2D eigenvalue weighted by atomic mass is 10.1. The van der Waals surface area contributed by atoms with Crippen LogP contribution in [0.1, 0.15) is 12.8 Å². The fourth-order valence-electron chi connectivity index (χ4n) is 2.00. The molecule has 0 aromatic carbocycles. The molecule has 9 heteroatoms. The van der Waals surface area contributed by atoms with Crippen molar-refractivity contribution in [2.75, 3.05) is 39.3 Å². The summed E-state index contributed by atoms with van der Waals surface area (Å²) in [6.45, 7) is 4.78. The maximum atomic E-state index is 11.6. The van der Waals surface area contributed by atoms with E-state index >= 15 is 0 Å². The molecule has 1 saturated heterocycles. The van der Waals surface area contributed by atoms with Gasteiger partial charge in [0.15, 0.2) is 0 Å². The molecule has 1 heterocycles. The molecule has 120 valence electrons. The number of carboxylic acid groups (broad SMARTS) is 2. The van der Waals surface area contributed by atoms with Crippen LogP contribution < -0.4 is 16.0 Å². The molecule has 0 spiro atoms. The minimum atomic E-state index is -1.24. The standard InChI is InChI=1S/C12H22N4O5/c17-10(18)2-1-9(11(19)20)15-12(21)14-5-8-16-6-3-13-4-7-16/h9,13H,1-8H2,(H,17,18)(H,19,20)(H2,14,15,21)/t9-/m0/s1. The van der Waals surface area contributed by atoms with Crippen LogP contribution in [0.25, 0.3) is 0 Å². The Bertz CT molecular complexity index is 371. The lowest BCUT2D eigenvalue weighted by Crippen LogP contribution is -2.49. The summed E-state index contributed by atoms with van der Waals surface area (Å²) in [5.74, 6) is -2.34. The molecule has 0 unspecified atom stereocenters. The lowest BCUT2D eigenvalue weighted by Gasteiger charge is -2.27. The first-order valence-electron chi connectivity index (χ1n) is 6.91. The van der Waals surface area contributed by atoms with E-state index < -0.39 is 24.0 Å². The molecular formula is C12H22N4O5. The van der Waals surface area contributed by atoms with Crippen molar-refractivity contribution in [1.82, 2.24) is 20.9 Å². The molecule has 1 atom stereocenters. The minimum absolute atomic E-state index is 0.143. The number of hydrogen-bond acceptors (Lipinski definition) is 5. The molecule has 21 heavy (non-hydrogen) atoms. The number of aliphatic carboxylic acids is 2. The summed E-state index contributed by atoms with van der Waals surface area (Å²) in [7, 11) is 0.